The zero-order valence-corrected chi connectivity index (χ0v) is 19.2. The molecule has 3 rings (SSSR count). The lowest BCUT2D eigenvalue weighted by molar-refractivity contribution is 0.204. The summed E-state index contributed by atoms with van der Waals surface area (Å²) in [7, 11) is -1.93. The fourth-order valence-electron chi connectivity index (χ4n) is 3.14. The first-order chi connectivity index (χ1) is 13.6. The minimum atomic E-state index is -1.93. The summed E-state index contributed by atoms with van der Waals surface area (Å²) in [5.41, 5.74) is 2.72. The number of pyridine rings is 1. The van der Waals surface area contributed by atoms with Crippen LogP contribution >= 0.6 is 0 Å². The van der Waals surface area contributed by atoms with Crippen molar-refractivity contribution < 1.29 is 9.16 Å². The first-order valence-electron chi connectivity index (χ1n) is 10.1. The molecule has 3 aromatic rings. The van der Waals surface area contributed by atoms with Crippen LogP contribution in [0.3, 0.4) is 0 Å². The molecule has 29 heavy (non-hydrogen) atoms. The molecule has 0 fully saturated rings. The molecule has 4 nitrogen and oxygen atoms in total. The van der Waals surface area contributed by atoms with Gasteiger partial charge >= 0.3 is 0 Å². The summed E-state index contributed by atoms with van der Waals surface area (Å²) >= 11 is 0. The third kappa shape index (κ3) is 4.79. The van der Waals surface area contributed by atoms with Crippen LogP contribution in [0, 0.1) is 0 Å². The van der Waals surface area contributed by atoms with Crippen LogP contribution in [0.2, 0.25) is 18.1 Å². The number of nitrogens with one attached hydrogen (secondary N) is 1. The molecule has 1 heterocycles. The topological polar surface area (TPSA) is 51.3 Å². The Balaban J connectivity index is 1.95. The molecule has 0 radical (unpaired) electrons. The Bertz CT molecular complexity index is 1040. The molecule has 1 N–H and O–H groups in total. The minimum Gasteiger partial charge on any atom is -0.487 e. The van der Waals surface area contributed by atoms with Gasteiger partial charge in [-0.15, -0.1) is 0 Å². The highest BCUT2D eigenvalue weighted by atomic mass is 28.4. The summed E-state index contributed by atoms with van der Waals surface area (Å²) in [4.78, 5) is 15.0. The van der Waals surface area contributed by atoms with Gasteiger partial charge in [0.15, 0.2) is 8.32 Å². The van der Waals surface area contributed by atoms with Gasteiger partial charge in [0.1, 0.15) is 12.4 Å². The van der Waals surface area contributed by atoms with Crippen molar-refractivity contribution in [2.45, 2.75) is 58.5 Å². The molecule has 5 heteroatoms. The average molecular weight is 410 g/mol. The highest BCUT2D eigenvalue weighted by Gasteiger charge is 2.38. The quantitative estimate of drug-likeness (QED) is 0.494. The summed E-state index contributed by atoms with van der Waals surface area (Å²) < 4.78 is 12.6. The fourth-order valence-corrected chi connectivity index (χ4v) is 4.50. The summed E-state index contributed by atoms with van der Waals surface area (Å²) in [5.74, 6) is 0.671. The smallest absolute Gasteiger partial charge is 0.248 e. The van der Waals surface area contributed by atoms with Crippen LogP contribution in [-0.2, 0) is 11.0 Å². The average Bonchev–Trinajstić information content (AvgIpc) is 2.65. The maximum absolute atomic E-state index is 12.0. The second-order valence-corrected chi connectivity index (χ2v) is 13.8. The van der Waals surface area contributed by atoms with Crippen LogP contribution in [0.25, 0.3) is 10.9 Å². The van der Waals surface area contributed by atoms with Crippen molar-refractivity contribution in [3.05, 3.63) is 76.1 Å². The highest BCUT2D eigenvalue weighted by molar-refractivity contribution is 6.74. The molecular weight excluding hydrogens is 378 g/mol. The van der Waals surface area contributed by atoms with Gasteiger partial charge in [-0.25, -0.2) is 0 Å². The van der Waals surface area contributed by atoms with E-state index < -0.39 is 8.32 Å². The summed E-state index contributed by atoms with van der Waals surface area (Å²) in [6.07, 6.45) is -0.0764. The van der Waals surface area contributed by atoms with Gasteiger partial charge < -0.3 is 14.1 Å². The normalized spacial score (nSPS) is 13.4. The van der Waals surface area contributed by atoms with E-state index in [0.29, 0.717) is 12.4 Å². The van der Waals surface area contributed by atoms with E-state index in [0.717, 1.165) is 22.0 Å². The van der Waals surface area contributed by atoms with Gasteiger partial charge in [0.2, 0.25) is 5.56 Å². The van der Waals surface area contributed by atoms with E-state index in [1.165, 1.54) is 0 Å². The second-order valence-electron chi connectivity index (χ2n) is 9.06. The minimum absolute atomic E-state index is 0.0764. The molecule has 2 aromatic carbocycles. The molecule has 0 unspecified atom stereocenters. The zero-order chi connectivity index (χ0) is 21.2. The van der Waals surface area contributed by atoms with Crippen molar-refractivity contribution in [3.63, 3.8) is 0 Å². The standard InChI is InChI=1S/C24H31NO3Si/c1-17(28-29(5,6)24(2,3)4)19-12-14-21(23-20(19)13-15-22(26)25-23)27-16-18-10-8-7-9-11-18/h7-15,17H,16H2,1-6H3,(H,25,26)/t17-/m1/s1. The number of ether oxygens (including phenoxy) is 1. The van der Waals surface area contributed by atoms with Crippen molar-refractivity contribution in [1.82, 2.24) is 4.98 Å². The Morgan fingerprint density at radius 1 is 1.00 bits per heavy atom. The summed E-state index contributed by atoms with van der Waals surface area (Å²) in [6.45, 7) is 13.8. The lowest BCUT2D eigenvalue weighted by Gasteiger charge is -2.38. The molecule has 154 valence electrons. The van der Waals surface area contributed by atoms with E-state index in [-0.39, 0.29) is 16.7 Å². The van der Waals surface area contributed by atoms with Crippen LogP contribution in [0.15, 0.2) is 59.4 Å². The SMILES string of the molecule is C[C@@H](O[Si](C)(C)C(C)(C)C)c1ccc(OCc2ccccc2)c2[nH]c(=O)ccc12. The summed E-state index contributed by atoms with van der Waals surface area (Å²) in [6, 6.07) is 17.4. The Hall–Kier alpha value is -2.37. The van der Waals surface area contributed by atoms with Crippen molar-refractivity contribution in [3.8, 4) is 5.75 Å². The predicted molar refractivity (Wildman–Crippen MR) is 122 cm³/mol. The number of hydrogen-bond donors (Lipinski definition) is 1. The first-order valence-corrected chi connectivity index (χ1v) is 13.0. The molecule has 0 amide bonds. The number of aromatic amines is 1. The molecular formula is C24H31NO3Si. The Morgan fingerprint density at radius 3 is 2.34 bits per heavy atom. The van der Waals surface area contributed by atoms with Gasteiger partial charge in [0.25, 0.3) is 0 Å². The van der Waals surface area contributed by atoms with E-state index in [4.69, 9.17) is 9.16 Å². The lowest BCUT2D eigenvalue weighted by Crippen LogP contribution is -2.41. The molecule has 0 spiro atoms. The molecule has 0 saturated heterocycles. The Morgan fingerprint density at radius 2 is 1.69 bits per heavy atom. The van der Waals surface area contributed by atoms with Crippen LogP contribution in [0.5, 0.6) is 5.75 Å². The molecule has 0 aliphatic rings. The van der Waals surface area contributed by atoms with E-state index in [2.05, 4.69) is 51.8 Å². The van der Waals surface area contributed by atoms with Crippen LogP contribution in [-0.4, -0.2) is 13.3 Å². The molecule has 0 aliphatic carbocycles. The monoisotopic (exact) mass is 409 g/mol. The van der Waals surface area contributed by atoms with E-state index in [1.54, 1.807) is 6.07 Å². The number of hydrogen-bond acceptors (Lipinski definition) is 3. The van der Waals surface area contributed by atoms with Crippen molar-refractivity contribution in [1.29, 1.82) is 0 Å². The fraction of sp³-hybridized carbons (Fsp3) is 0.375. The molecule has 0 aliphatic heterocycles. The third-order valence-electron chi connectivity index (χ3n) is 5.84. The van der Waals surface area contributed by atoms with E-state index in [9.17, 15) is 4.79 Å². The molecule has 1 aromatic heterocycles. The van der Waals surface area contributed by atoms with Gasteiger partial charge in [0.05, 0.1) is 11.6 Å². The number of aromatic nitrogens is 1. The first kappa shape index (κ1) is 21.3. The van der Waals surface area contributed by atoms with Crippen LogP contribution in [0.1, 0.15) is 44.9 Å². The molecule has 1 atom stereocenters. The number of benzene rings is 2. The van der Waals surface area contributed by atoms with E-state index >= 15 is 0 Å². The number of H-pyrrole nitrogens is 1. The van der Waals surface area contributed by atoms with Crippen molar-refractivity contribution >= 4 is 19.2 Å². The van der Waals surface area contributed by atoms with E-state index in [1.807, 2.05) is 42.5 Å². The summed E-state index contributed by atoms with van der Waals surface area (Å²) in [5, 5.41) is 1.09. The predicted octanol–water partition coefficient (Wildman–Crippen LogP) is 6.19. The number of fused-ring (bicyclic) bond motifs is 1. The van der Waals surface area contributed by atoms with Gasteiger partial charge in [-0.05, 0) is 48.3 Å². The zero-order valence-electron chi connectivity index (χ0n) is 18.2. The lowest BCUT2D eigenvalue weighted by atomic mass is 10.0. The maximum Gasteiger partial charge on any atom is 0.248 e. The van der Waals surface area contributed by atoms with Gasteiger partial charge in [-0.2, -0.15) is 0 Å². The number of rotatable bonds is 6. The molecule has 0 bridgehead atoms. The van der Waals surface area contributed by atoms with Crippen molar-refractivity contribution in [2.75, 3.05) is 0 Å². The molecule has 0 saturated carbocycles. The van der Waals surface area contributed by atoms with Crippen molar-refractivity contribution in [2.24, 2.45) is 0 Å². The highest BCUT2D eigenvalue weighted by Crippen LogP contribution is 2.41. The Labute approximate surface area is 174 Å². The Kier molecular flexibility index (Phi) is 6.01. The van der Waals surface area contributed by atoms with Gasteiger partial charge in [-0.1, -0.05) is 57.2 Å². The largest absolute Gasteiger partial charge is 0.487 e. The second kappa shape index (κ2) is 8.17. The van der Waals surface area contributed by atoms with Crippen LogP contribution in [0.4, 0.5) is 0 Å². The van der Waals surface area contributed by atoms with Crippen LogP contribution < -0.4 is 10.3 Å². The van der Waals surface area contributed by atoms with Gasteiger partial charge in [0, 0.05) is 11.5 Å². The maximum atomic E-state index is 12.0. The third-order valence-corrected chi connectivity index (χ3v) is 10.4. The van der Waals surface area contributed by atoms with Gasteiger partial charge in [-0.3, -0.25) is 4.79 Å².